The van der Waals surface area contributed by atoms with Crippen LogP contribution in [0.25, 0.3) is 22.1 Å². The molecule has 0 aliphatic carbocycles. The zero-order chi connectivity index (χ0) is 26.6. The van der Waals surface area contributed by atoms with Gasteiger partial charge in [0.2, 0.25) is 6.10 Å². The van der Waals surface area contributed by atoms with E-state index < -0.39 is 24.0 Å². The van der Waals surface area contributed by atoms with Crippen LogP contribution < -0.4 is 10.5 Å². The maximum Gasteiger partial charge on any atom is 0.421 e. The number of carbonyl (C=O) groups is 1. The van der Waals surface area contributed by atoms with Gasteiger partial charge >= 0.3 is 12.1 Å². The lowest BCUT2D eigenvalue weighted by atomic mass is 10.00. The summed E-state index contributed by atoms with van der Waals surface area (Å²) in [5, 5.41) is 10.4. The molecule has 0 bridgehead atoms. The molecule has 4 aromatic rings. The standard InChI is InChI=1S/C28H26F3NO5/c1-2-35-25(33)14-20-7-3-4-9-23(20)36-16-22-21-13-19(18-8-5-6-17(12-18)15-32)10-11-24(21)37-26(22)27(34)28(29,30)31/h3-13,27,34H,2,14-16,32H2,1H3. The Morgan fingerprint density at radius 2 is 1.81 bits per heavy atom. The molecule has 0 amide bonds. The molecule has 0 fully saturated rings. The number of rotatable bonds is 9. The first-order valence-corrected chi connectivity index (χ1v) is 11.7. The van der Waals surface area contributed by atoms with Crippen molar-refractivity contribution in [3.8, 4) is 16.9 Å². The van der Waals surface area contributed by atoms with Crippen molar-refractivity contribution in [2.75, 3.05) is 6.61 Å². The van der Waals surface area contributed by atoms with Gasteiger partial charge in [0, 0.05) is 23.1 Å². The van der Waals surface area contributed by atoms with Crippen molar-refractivity contribution >= 4 is 16.9 Å². The molecule has 9 heteroatoms. The van der Waals surface area contributed by atoms with Gasteiger partial charge in [-0.15, -0.1) is 0 Å². The Morgan fingerprint density at radius 1 is 1.05 bits per heavy atom. The number of nitrogens with two attached hydrogens (primary N) is 1. The lowest BCUT2D eigenvalue weighted by Crippen LogP contribution is -2.21. The van der Waals surface area contributed by atoms with Crippen molar-refractivity contribution in [1.82, 2.24) is 0 Å². The molecule has 0 radical (unpaired) electrons. The molecule has 0 spiro atoms. The van der Waals surface area contributed by atoms with Crippen LogP contribution in [-0.4, -0.2) is 23.9 Å². The van der Waals surface area contributed by atoms with Gasteiger partial charge in [-0.2, -0.15) is 13.2 Å². The molecule has 194 valence electrons. The van der Waals surface area contributed by atoms with Crippen molar-refractivity contribution in [3.05, 3.63) is 89.2 Å². The van der Waals surface area contributed by atoms with Gasteiger partial charge in [0.25, 0.3) is 0 Å². The Bertz CT molecular complexity index is 1400. The highest BCUT2D eigenvalue weighted by Crippen LogP contribution is 2.40. The third-order valence-corrected chi connectivity index (χ3v) is 5.86. The number of fused-ring (bicyclic) bond motifs is 1. The van der Waals surface area contributed by atoms with Gasteiger partial charge in [-0.1, -0.05) is 42.5 Å². The van der Waals surface area contributed by atoms with E-state index >= 15 is 0 Å². The molecule has 1 atom stereocenters. The molecule has 0 saturated heterocycles. The van der Waals surface area contributed by atoms with E-state index in [2.05, 4.69) is 0 Å². The molecule has 3 N–H and O–H groups in total. The van der Waals surface area contributed by atoms with E-state index in [1.165, 1.54) is 0 Å². The van der Waals surface area contributed by atoms with Gasteiger partial charge < -0.3 is 24.7 Å². The van der Waals surface area contributed by atoms with Crippen molar-refractivity contribution in [1.29, 1.82) is 0 Å². The number of halogens is 3. The lowest BCUT2D eigenvalue weighted by molar-refractivity contribution is -0.211. The first-order valence-electron chi connectivity index (χ1n) is 11.7. The second kappa shape index (κ2) is 11.1. The Hall–Kier alpha value is -3.82. The number of aliphatic hydroxyl groups is 1. The van der Waals surface area contributed by atoms with Gasteiger partial charge in [0.05, 0.1) is 13.0 Å². The molecule has 1 heterocycles. The summed E-state index contributed by atoms with van der Waals surface area (Å²) >= 11 is 0. The van der Waals surface area contributed by atoms with E-state index in [4.69, 9.17) is 19.6 Å². The molecule has 0 aliphatic rings. The highest BCUT2D eigenvalue weighted by molar-refractivity contribution is 5.87. The largest absolute Gasteiger partial charge is 0.488 e. The van der Waals surface area contributed by atoms with Crippen molar-refractivity contribution in [2.24, 2.45) is 5.73 Å². The summed E-state index contributed by atoms with van der Waals surface area (Å²) in [5.74, 6) is -0.785. The number of esters is 1. The normalized spacial score (nSPS) is 12.5. The number of para-hydroxylation sites is 1. The molecule has 1 aromatic heterocycles. The smallest absolute Gasteiger partial charge is 0.421 e. The SMILES string of the molecule is CCOC(=O)Cc1ccccc1OCc1c(C(O)C(F)(F)F)oc2ccc(-c3cccc(CN)c3)cc12. The summed E-state index contributed by atoms with van der Waals surface area (Å²) in [6.07, 6.45) is -7.84. The average Bonchev–Trinajstić information content (AvgIpc) is 3.24. The lowest BCUT2D eigenvalue weighted by Gasteiger charge is -2.15. The number of ether oxygens (including phenoxy) is 2. The number of aliphatic hydroxyl groups excluding tert-OH is 1. The predicted molar refractivity (Wildman–Crippen MR) is 132 cm³/mol. The Labute approximate surface area is 211 Å². The maximum atomic E-state index is 13.5. The zero-order valence-corrected chi connectivity index (χ0v) is 20.0. The second-order valence-electron chi connectivity index (χ2n) is 8.38. The fourth-order valence-electron chi connectivity index (χ4n) is 4.05. The number of hydrogen-bond acceptors (Lipinski definition) is 6. The summed E-state index contributed by atoms with van der Waals surface area (Å²) in [6, 6.07) is 19.2. The highest BCUT2D eigenvalue weighted by atomic mass is 19.4. The first-order chi connectivity index (χ1) is 17.7. The summed E-state index contributed by atoms with van der Waals surface area (Å²) in [7, 11) is 0. The number of furan rings is 1. The fourth-order valence-corrected chi connectivity index (χ4v) is 4.05. The molecule has 0 saturated carbocycles. The third-order valence-electron chi connectivity index (χ3n) is 5.86. The van der Waals surface area contributed by atoms with Crippen LogP contribution in [0.5, 0.6) is 5.75 Å². The molecular formula is C28H26F3NO5. The molecule has 37 heavy (non-hydrogen) atoms. The summed E-state index contributed by atoms with van der Waals surface area (Å²) in [6.45, 7) is 1.92. The van der Waals surface area contributed by atoms with Crippen molar-refractivity contribution in [3.63, 3.8) is 0 Å². The number of alkyl halides is 3. The molecule has 1 unspecified atom stereocenters. The topological polar surface area (TPSA) is 94.9 Å². The number of carbonyl (C=O) groups excluding carboxylic acids is 1. The third kappa shape index (κ3) is 5.95. The zero-order valence-electron chi connectivity index (χ0n) is 20.0. The molecular weight excluding hydrogens is 487 g/mol. The van der Waals surface area contributed by atoms with Crippen LogP contribution in [0.1, 0.15) is 35.5 Å². The van der Waals surface area contributed by atoms with E-state index in [1.807, 2.05) is 24.3 Å². The molecule has 0 aliphatic heterocycles. The van der Waals surface area contributed by atoms with E-state index in [-0.39, 0.29) is 30.8 Å². The van der Waals surface area contributed by atoms with Crippen LogP contribution in [0.15, 0.2) is 71.1 Å². The van der Waals surface area contributed by atoms with E-state index in [0.717, 1.165) is 16.7 Å². The minimum Gasteiger partial charge on any atom is -0.488 e. The monoisotopic (exact) mass is 513 g/mol. The quantitative estimate of drug-likeness (QED) is 0.273. The molecule has 3 aromatic carbocycles. The van der Waals surface area contributed by atoms with Crippen LogP contribution >= 0.6 is 0 Å². The van der Waals surface area contributed by atoms with Crippen LogP contribution in [0.2, 0.25) is 0 Å². The first kappa shape index (κ1) is 26.2. The number of hydrogen-bond donors (Lipinski definition) is 2. The van der Waals surface area contributed by atoms with E-state index in [9.17, 15) is 23.1 Å². The van der Waals surface area contributed by atoms with Gasteiger partial charge in [-0.05, 0) is 47.9 Å². The predicted octanol–water partition coefficient (Wildman–Crippen LogP) is 5.84. The summed E-state index contributed by atoms with van der Waals surface area (Å²) < 4.78 is 56.9. The van der Waals surface area contributed by atoms with Crippen molar-refractivity contribution < 1.29 is 37.0 Å². The van der Waals surface area contributed by atoms with Crippen LogP contribution in [-0.2, 0) is 29.1 Å². The van der Waals surface area contributed by atoms with E-state index in [1.54, 1.807) is 49.4 Å². The van der Waals surface area contributed by atoms with Gasteiger partial charge in [-0.25, -0.2) is 0 Å². The van der Waals surface area contributed by atoms with E-state index in [0.29, 0.717) is 23.2 Å². The fraction of sp³-hybridized carbons (Fsp3) is 0.250. The summed E-state index contributed by atoms with van der Waals surface area (Å²) in [4.78, 5) is 12.0. The maximum absolute atomic E-state index is 13.5. The Kier molecular flexibility index (Phi) is 7.85. The van der Waals surface area contributed by atoms with Crippen LogP contribution in [0.3, 0.4) is 0 Å². The molecule has 6 nitrogen and oxygen atoms in total. The number of benzene rings is 3. The van der Waals surface area contributed by atoms with Gasteiger partial charge in [0.1, 0.15) is 23.7 Å². The van der Waals surface area contributed by atoms with Gasteiger partial charge in [-0.3, -0.25) is 4.79 Å². The minimum atomic E-state index is -4.94. The average molecular weight is 514 g/mol. The molecule has 4 rings (SSSR count). The van der Waals surface area contributed by atoms with Gasteiger partial charge in [0.15, 0.2) is 0 Å². The van der Waals surface area contributed by atoms with Crippen LogP contribution in [0.4, 0.5) is 13.2 Å². The van der Waals surface area contributed by atoms with Crippen LogP contribution in [0, 0.1) is 0 Å². The summed E-state index contributed by atoms with van der Waals surface area (Å²) in [5.41, 5.74) is 8.97. The second-order valence-corrected chi connectivity index (χ2v) is 8.38. The minimum absolute atomic E-state index is 0.0580. The highest BCUT2D eigenvalue weighted by Gasteiger charge is 2.43. The Morgan fingerprint density at radius 3 is 2.54 bits per heavy atom. The Balaban J connectivity index is 1.75. The van der Waals surface area contributed by atoms with Crippen molar-refractivity contribution in [2.45, 2.75) is 38.8 Å².